The molecule has 2 heteroatoms. The van der Waals surface area contributed by atoms with Crippen LogP contribution >= 0.6 is 0 Å². The van der Waals surface area contributed by atoms with Crippen LogP contribution in [0.25, 0.3) is 77.5 Å². The lowest BCUT2D eigenvalue weighted by molar-refractivity contribution is 0.766. The molecule has 0 N–H and O–H groups in total. The summed E-state index contributed by atoms with van der Waals surface area (Å²) in [5.41, 5.74) is 37.1. The molecule has 2 nitrogen and oxygen atoms in total. The van der Waals surface area contributed by atoms with Gasteiger partial charge < -0.3 is 9.80 Å². The highest BCUT2D eigenvalue weighted by molar-refractivity contribution is 6.06. The lowest BCUT2D eigenvalue weighted by Crippen LogP contribution is -2.29. The molecule has 0 aliphatic heterocycles. The number of hydrogen-bond acceptors (Lipinski definition) is 2. The zero-order chi connectivity index (χ0) is 71.0. The zero-order valence-electron chi connectivity index (χ0n) is 59.5. The van der Waals surface area contributed by atoms with E-state index in [4.69, 9.17) is 0 Å². The van der Waals surface area contributed by atoms with Crippen LogP contribution in [0.4, 0.5) is 34.1 Å². The molecular formula is C105H72N2. The summed E-state index contributed by atoms with van der Waals surface area (Å²) in [5.74, 6) is 0. The summed E-state index contributed by atoms with van der Waals surface area (Å²) >= 11 is 0. The van der Waals surface area contributed by atoms with Gasteiger partial charge >= 0.3 is 0 Å². The number of fused-ring (bicyclic) bond motifs is 17. The maximum absolute atomic E-state index is 2.55. The van der Waals surface area contributed by atoms with E-state index >= 15 is 0 Å². The Morgan fingerprint density at radius 1 is 0.196 bits per heavy atom. The van der Waals surface area contributed by atoms with Gasteiger partial charge in [0.1, 0.15) is 0 Å². The highest BCUT2D eigenvalue weighted by Gasteiger charge is 2.53. The molecule has 0 bridgehead atoms. The zero-order valence-corrected chi connectivity index (χ0v) is 59.5. The summed E-state index contributed by atoms with van der Waals surface area (Å²) < 4.78 is 0. The predicted molar refractivity (Wildman–Crippen MR) is 445 cm³/mol. The number of hydrogen-bond donors (Lipinski definition) is 0. The number of benzene rings is 17. The third-order valence-electron chi connectivity index (χ3n) is 23.9. The summed E-state index contributed by atoms with van der Waals surface area (Å²) in [6.45, 7) is 4.47. The summed E-state index contributed by atoms with van der Waals surface area (Å²) in [6.07, 6.45) is 0. The molecule has 4 aliphatic carbocycles. The maximum Gasteiger partial charge on any atom is 0.0726 e. The smallest absolute Gasteiger partial charge is 0.0726 e. The molecule has 4 aliphatic rings. The lowest BCUT2D eigenvalue weighted by Gasteiger charge is -2.36. The van der Waals surface area contributed by atoms with Crippen molar-refractivity contribution in [2.75, 3.05) is 9.80 Å². The van der Waals surface area contributed by atoms with Crippen molar-refractivity contribution in [1.29, 1.82) is 0 Å². The van der Waals surface area contributed by atoms with E-state index in [2.05, 4.69) is 424 Å². The molecule has 0 heterocycles. The van der Waals surface area contributed by atoms with Crippen LogP contribution in [0.3, 0.4) is 0 Å². The van der Waals surface area contributed by atoms with Crippen LogP contribution < -0.4 is 9.80 Å². The van der Waals surface area contributed by atoms with Gasteiger partial charge in [-0.2, -0.15) is 0 Å². The molecule has 0 saturated heterocycles. The predicted octanol–water partition coefficient (Wildman–Crippen LogP) is 26.8. The van der Waals surface area contributed by atoms with Gasteiger partial charge in [0.15, 0.2) is 0 Å². The maximum atomic E-state index is 2.55. The van der Waals surface area contributed by atoms with E-state index in [1.54, 1.807) is 0 Å². The highest BCUT2D eigenvalue weighted by atomic mass is 15.2. The second kappa shape index (κ2) is 24.4. The molecule has 0 saturated carbocycles. The van der Waals surface area contributed by atoms with Gasteiger partial charge in [0, 0.05) is 33.7 Å². The standard InChI is InChI=1S/C105H72N2/c1-69-50-59-86-88-62-57-80(67-98(88)103(96(86)64-69,74-32-10-4-11-33-74)75-34-12-5-13-35-75)106(81-58-63-89-87-60-51-70(2)65-97(87)104(99(89)68-81,76-36-14-6-15-37-76)77-38-16-7-17-39-77)79-56-61-82(91(66-79)72-28-8-3-9-29-72)73-52-54-78(55-53-73)107(100-48-26-31-71-30-18-19-40-83(71)100)101-49-27-47-95-102(101)90-43-22-25-46-94(90)105(95)92-44-23-20-41-84(92)85-42-21-24-45-93(85)105/h3-68H,1-2H3. The molecule has 107 heavy (non-hydrogen) atoms. The van der Waals surface area contributed by atoms with Crippen molar-refractivity contribution >= 4 is 44.9 Å². The van der Waals surface area contributed by atoms with E-state index in [-0.39, 0.29) is 0 Å². The Kier molecular flexibility index (Phi) is 14.2. The Bertz CT molecular complexity index is 6080. The fraction of sp³-hybridized carbons (Fsp3) is 0.0476. The number of anilines is 6. The van der Waals surface area contributed by atoms with Crippen molar-refractivity contribution in [3.8, 4) is 66.8 Å². The van der Waals surface area contributed by atoms with E-state index in [1.165, 1.54) is 133 Å². The molecular weight excluding hydrogens is 1290 g/mol. The minimum atomic E-state index is -0.635. The van der Waals surface area contributed by atoms with Crippen molar-refractivity contribution in [2.45, 2.75) is 30.1 Å². The Morgan fingerprint density at radius 2 is 0.551 bits per heavy atom. The lowest BCUT2D eigenvalue weighted by atomic mass is 9.67. The highest BCUT2D eigenvalue weighted by Crippen LogP contribution is 2.66. The Labute approximate surface area is 625 Å². The van der Waals surface area contributed by atoms with Gasteiger partial charge in [-0.05, 0) is 208 Å². The number of nitrogens with zero attached hydrogens (tertiary/aromatic N) is 2. The van der Waals surface area contributed by atoms with Crippen molar-refractivity contribution in [3.05, 3.63) is 478 Å². The molecule has 0 aromatic heterocycles. The SMILES string of the molecule is Cc1ccc2c(c1)C(c1ccccc1)(c1ccccc1)c1cc(N(c3ccc(-c4ccc(N(c5cccc6c5-c5ccccc5C65c6ccccc6-c6ccccc65)c5cccc6ccccc56)cc4)c(-c4ccccc4)c3)c3ccc4c(c3)C(c3ccccc3)(c3ccccc3)c3cc(C)ccc3-4)ccc1-2. The number of aryl methyl sites for hydroxylation is 2. The van der Waals surface area contributed by atoms with E-state index < -0.39 is 16.2 Å². The summed E-state index contributed by atoms with van der Waals surface area (Å²) in [6, 6.07) is 151. The molecule has 0 radical (unpaired) electrons. The molecule has 0 amide bonds. The van der Waals surface area contributed by atoms with Gasteiger partial charge in [-0.15, -0.1) is 0 Å². The molecule has 502 valence electrons. The van der Waals surface area contributed by atoms with Crippen LogP contribution in [0.5, 0.6) is 0 Å². The molecule has 21 rings (SSSR count). The van der Waals surface area contributed by atoms with Crippen LogP contribution in [0.2, 0.25) is 0 Å². The molecule has 1 spiro atoms. The van der Waals surface area contributed by atoms with Crippen LogP contribution in [0.1, 0.15) is 77.9 Å². The van der Waals surface area contributed by atoms with Gasteiger partial charge in [0.05, 0.1) is 27.6 Å². The summed E-state index contributed by atoms with van der Waals surface area (Å²) in [7, 11) is 0. The second-order valence-electron chi connectivity index (χ2n) is 29.4. The average Bonchev–Trinajstić information content (AvgIpc) is 1.51. The first-order chi connectivity index (χ1) is 52.9. The van der Waals surface area contributed by atoms with E-state index in [0.717, 1.165) is 56.4 Å². The van der Waals surface area contributed by atoms with Gasteiger partial charge in [0.25, 0.3) is 0 Å². The van der Waals surface area contributed by atoms with Gasteiger partial charge in [0.2, 0.25) is 0 Å². The number of rotatable bonds is 12. The van der Waals surface area contributed by atoms with Crippen LogP contribution in [0, 0.1) is 13.8 Å². The van der Waals surface area contributed by atoms with Crippen LogP contribution in [-0.4, -0.2) is 0 Å². The fourth-order valence-corrected chi connectivity index (χ4v) is 19.6. The molecule has 17 aromatic rings. The van der Waals surface area contributed by atoms with Crippen LogP contribution in [-0.2, 0) is 16.2 Å². The van der Waals surface area contributed by atoms with E-state index in [0.29, 0.717) is 0 Å². The molecule has 0 unspecified atom stereocenters. The normalized spacial score (nSPS) is 13.7. The van der Waals surface area contributed by atoms with Crippen molar-refractivity contribution in [2.24, 2.45) is 0 Å². The third kappa shape index (κ3) is 9.06. The Hall–Kier alpha value is -13.4. The monoisotopic (exact) mass is 1360 g/mol. The van der Waals surface area contributed by atoms with E-state index in [1.807, 2.05) is 0 Å². The van der Waals surface area contributed by atoms with Crippen molar-refractivity contribution < 1.29 is 0 Å². The van der Waals surface area contributed by atoms with Crippen LogP contribution in [0.15, 0.2) is 400 Å². The van der Waals surface area contributed by atoms with Crippen molar-refractivity contribution in [3.63, 3.8) is 0 Å². The topological polar surface area (TPSA) is 6.48 Å². The average molecular weight is 1360 g/mol. The van der Waals surface area contributed by atoms with Gasteiger partial charge in [-0.3, -0.25) is 0 Å². The second-order valence-corrected chi connectivity index (χ2v) is 29.4. The Morgan fingerprint density at radius 3 is 1.07 bits per heavy atom. The first-order valence-electron chi connectivity index (χ1n) is 37.5. The molecule has 0 atom stereocenters. The van der Waals surface area contributed by atoms with Crippen molar-refractivity contribution in [1.82, 2.24) is 0 Å². The van der Waals surface area contributed by atoms with Gasteiger partial charge in [-0.1, -0.05) is 351 Å². The summed E-state index contributed by atoms with van der Waals surface area (Å²) in [4.78, 5) is 5.09. The fourth-order valence-electron chi connectivity index (χ4n) is 19.6. The first kappa shape index (κ1) is 62.2. The Balaban J connectivity index is 0.777. The quantitative estimate of drug-likeness (QED) is 0.120. The molecule has 0 fully saturated rings. The van der Waals surface area contributed by atoms with E-state index in [9.17, 15) is 0 Å². The van der Waals surface area contributed by atoms with Gasteiger partial charge in [-0.25, -0.2) is 0 Å². The molecule has 17 aromatic carbocycles. The first-order valence-corrected chi connectivity index (χ1v) is 37.5. The minimum Gasteiger partial charge on any atom is -0.310 e. The largest absolute Gasteiger partial charge is 0.310 e. The third-order valence-corrected chi connectivity index (χ3v) is 23.9. The summed E-state index contributed by atoms with van der Waals surface area (Å²) in [5, 5.41) is 2.37. The minimum absolute atomic E-state index is 0.500.